The monoisotopic (exact) mass is 329 g/mol. The van der Waals surface area contributed by atoms with Crippen molar-refractivity contribution in [1.82, 2.24) is 10.3 Å². The summed E-state index contributed by atoms with van der Waals surface area (Å²) in [5.74, 6) is -0.532. The first kappa shape index (κ1) is 17.1. The number of halogens is 2. The Morgan fingerprint density at radius 2 is 2.08 bits per heavy atom. The average Bonchev–Trinajstić information content (AvgIpc) is 2.59. The Kier molecular flexibility index (Phi) is 5.97. The van der Waals surface area contributed by atoms with Gasteiger partial charge in [-0.1, -0.05) is 18.2 Å². The molecular formula is C17H13F2N3O2. The zero-order valence-electron chi connectivity index (χ0n) is 12.4. The summed E-state index contributed by atoms with van der Waals surface area (Å²) in [6.45, 7) is -2.66. The maximum atomic E-state index is 12.1. The number of hydrogen-bond acceptors (Lipinski definition) is 4. The first-order valence-electron chi connectivity index (χ1n) is 6.92. The number of benzene rings is 1. The molecule has 122 valence electrons. The predicted octanol–water partition coefficient (Wildman–Crippen LogP) is 2.91. The number of hydrogen-bond donors (Lipinski definition) is 1. The molecule has 5 nitrogen and oxygen atoms in total. The van der Waals surface area contributed by atoms with Crippen LogP contribution >= 0.6 is 0 Å². The Labute approximate surface area is 137 Å². The number of nitriles is 1. The highest BCUT2D eigenvalue weighted by Gasteiger charge is 2.09. The molecule has 0 saturated carbocycles. The number of pyridine rings is 1. The largest absolute Gasteiger partial charge is 0.435 e. The van der Waals surface area contributed by atoms with Gasteiger partial charge in [-0.05, 0) is 35.4 Å². The van der Waals surface area contributed by atoms with E-state index in [1.54, 1.807) is 24.5 Å². The van der Waals surface area contributed by atoms with Crippen LogP contribution in [0.25, 0.3) is 6.08 Å². The van der Waals surface area contributed by atoms with Gasteiger partial charge in [-0.15, -0.1) is 0 Å². The molecule has 1 N–H and O–H groups in total. The molecule has 0 aliphatic carbocycles. The maximum Gasteiger partial charge on any atom is 0.387 e. The van der Waals surface area contributed by atoms with E-state index in [2.05, 4.69) is 15.0 Å². The number of ether oxygens (including phenoxy) is 1. The highest BCUT2D eigenvalue weighted by Crippen LogP contribution is 2.16. The fourth-order valence-electron chi connectivity index (χ4n) is 1.84. The standard InChI is InChI=1S/C17H13F2N3O2/c18-17(19)24-15-5-3-12(4-6-15)8-14(9-20)16(23)22-11-13-2-1-7-21-10-13/h1-8,10,17H,11H2,(H,22,23). The van der Waals surface area contributed by atoms with Crippen molar-refractivity contribution < 1.29 is 18.3 Å². The van der Waals surface area contributed by atoms with Crippen LogP contribution in [-0.4, -0.2) is 17.5 Å². The second kappa shape index (κ2) is 8.39. The number of alkyl halides is 2. The molecule has 0 aliphatic heterocycles. The molecule has 1 aromatic heterocycles. The summed E-state index contributed by atoms with van der Waals surface area (Å²) in [6, 6.07) is 11.0. The van der Waals surface area contributed by atoms with Crippen molar-refractivity contribution in [3.63, 3.8) is 0 Å². The summed E-state index contributed by atoms with van der Waals surface area (Å²) in [6.07, 6.45) is 4.59. The van der Waals surface area contributed by atoms with Crippen molar-refractivity contribution in [3.05, 3.63) is 65.5 Å². The smallest absolute Gasteiger partial charge is 0.387 e. The van der Waals surface area contributed by atoms with Gasteiger partial charge in [0.25, 0.3) is 5.91 Å². The summed E-state index contributed by atoms with van der Waals surface area (Å²) < 4.78 is 28.4. The first-order valence-corrected chi connectivity index (χ1v) is 6.92. The van der Waals surface area contributed by atoms with E-state index >= 15 is 0 Å². The van der Waals surface area contributed by atoms with Crippen LogP contribution < -0.4 is 10.1 Å². The van der Waals surface area contributed by atoms with E-state index < -0.39 is 12.5 Å². The van der Waals surface area contributed by atoms with Gasteiger partial charge in [0, 0.05) is 18.9 Å². The Balaban J connectivity index is 2.02. The van der Waals surface area contributed by atoms with Crippen LogP contribution in [0.3, 0.4) is 0 Å². The lowest BCUT2D eigenvalue weighted by Gasteiger charge is -2.05. The minimum Gasteiger partial charge on any atom is -0.435 e. The summed E-state index contributed by atoms with van der Waals surface area (Å²) in [5, 5.41) is 11.7. The maximum absolute atomic E-state index is 12.1. The van der Waals surface area contributed by atoms with E-state index in [-0.39, 0.29) is 17.9 Å². The van der Waals surface area contributed by atoms with Gasteiger partial charge >= 0.3 is 6.61 Å². The Bertz CT molecular complexity index is 754. The molecule has 0 atom stereocenters. The molecule has 0 unspecified atom stereocenters. The number of nitrogens with zero attached hydrogens (tertiary/aromatic N) is 2. The van der Waals surface area contributed by atoms with Gasteiger partial charge < -0.3 is 10.1 Å². The molecule has 24 heavy (non-hydrogen) atoms. The molecule has 0 saturated heterocycles. The van der Waals surface area contributed by atoms with E-state index in [4.69, 9.17) is 5.26 Å². The van der Waals surface area contributed by atoms with Crippen LogP contribution in [0.2, 0.25) is 0 Å². The minimum atomic E-state index is -2.90. The van der Waals surface area contributed by atoms with Crippen LogP contribution in [-0.2, 0) is 11.3 Å². The molecule has 0 fully saturated rings. The molecule has 0 radical (unpaired) electrons. The van der Waals surface area contributed by atoms with Crippen molar-refractivity contribution in [2.24, 2.45) is 0 Å². The fraction of sp³-hybridized carbons (Fsp3) is 0.118. The molecule has 2 aromatic rings. The number of aromatic nitrogens is 1. The summed E-state index contributed by atoms with van der Waals surface area (Å²) in [4.78, 5) is 15.9. The summed E-state index contributed by atoms with van der Waals surface area (Å²) in [5.41, 5.74) is 1.22. The molecule has 0 bridgehead atoms. The van der Waals surface area contributed by atoms with Crippen molar-refractivity contribution in [1.29, 1.82) is 5.26 Å². The van der Waals surface area contributed by atoms with E-state index in [1.165, 1.54) is 30.3 Å². The third-order valence-electron chi connectivity index (χ3n) is 2.96. The summed E-state index contributed by atoms with van der Waals surface area (Å²) >= 11 is 0. The average molecular weight is 329 g/mol. The van der Waals surface area contributed by atoms with Crippen LogP contribution in [0.4, 0.5) is 8.78 Å². The van der Waals surface area contributed by atoms with E-state index in [1.807, 2.05) is 6.07 Å². The van der Waals surface area contributed by atoms with E-state index in [0.29, 0.717) is 5.56 Å². The van der Waals surface area contributed by atoms with Gasteiger partial charge in [0.15, 0.2) is 0 Å². The molecule has 7 heteroatoms. The van der Waals surface area contributed by atoms with Crippen molar-refractivity contribution in [2.45, 2.75) is 13.2 Å². The number of carbonyl (C=O) groups is 1. The normalized spacial score (nSPS) is 11.0. The van der Waals surface area contributed by atoms with Crippen LogP contribution in [0, 0.1) is 11.3 Å². The zero-order chi connectivity index (χ0) is 17.4. The van der Waals surface area contributed by atoms with Gasteiger partial charge in [-0.2, -0.15) is 14.0 Å². The lowest BCUT2D eigenvalue weighted by atomic mass is 10.1. The number of amides is 1. The zero-order valence-corrected chi connectivity index (χ0v) is 12.4. The highest BCUT2D eigenvalue weighted by atomic mass is 19.3. The first-order chi connectivity index (χ1) is 11.6. The highest BCUT2D eigenvalue weighted by molar-refractivity contribution is 6.01. The molecule has 0 spiro atoms. The number of nitrogens with one attached hydrogen (secondary N) is 1. The number of carbonyl (C=O) groups excluding carboxylic acids is 1. The second-order valence-electron chi connectivity index (χ2n) is 4.66. The van der Waals surface area contributed by atoms with Crippen molar-refractivity contribution >= 4 is 12.0 Å². The fourth-order valence-corrected chi connectivity index (χ4v) is 1.84. The Hall–Kier alpha value is -3.27. The van der Waals surface area contributed by atoms with E-state index in [9.17, 15) is 13.6 Å². The third kappa shape index (κ3) is 5.18. The van der Waals surface area contributed by atoms with Crippen LogP contribution in [0.15, 0.2) is 54.4 Å². The van der Waals surface area contributed by atoms with Crippen molar-refractivity contribution in [3.8, 4) is 11.8 Å². The summed E-state index contributed by atoms with van der Waals surface area (Å²) in [7, 11) is 0. The van der Waals surface area contributed by atoms with Crippen LogP contribution in [0.1, 0.15) is 11.1 Å². The quantitative estimate of drug-likeness (QED) is 0.653. The molecular weight excluding hydrogens is 316 g/mol. The Morgan fingerprint density at radius 3 is 2.67 bits per heavy atom. The van der Waals surface area contributed by atoms with Crippen molar-refractivity contribution in [2.75, 3.05) is 0 Å². The predicted molar refractivity (Wildman–Crippen MR) is 82.7 cm³/mol. The van der Waals surface area contributed by atoms with Gasteiger partial charge in [-0.3, -0.25) is 9.78 Å². The SMILES string of the molecule is N#CC(=Cc1ccc(OC(F)F)cc1)C(=O)NCc1cccnc1. The number of rotatable bonds is 6. The lowest BCUT2D eigenvalue weighted by Crippen LogP contribution is -2.23. The van der Waals surface area contributed by atoms with Gasteiger partial charge in [0.05, 0.1) is 0 Å². The molecule has 1 aromatic carbocycles. The minimum absolute atomic E-state index is 0.00156. The molecule has 1 amide bonds. The molecule has 1 heterocycles. The van der Waals surface area contributed by atoms with Crippen LogP contribution in [0.5, 0.6) is 5.75 Å². The lowest BCUT2D eigenvalue weighted by molar-refractivity contribution is -0.117. The topological polar surface area (TPSA) is 75.0 Å². The molecule has 2 rings (SSSR count). The van der Waals surface area contributed by atoms with Gasteiger partial charge in [-0.25, -0.2) is 0 Å². The van der Waals surface area contributed by atoms with E-state index in [0.717, 1.165) is 5.56 Å². The third-order valence-corrected chi connectivity index (χ3v) is 2.96. The second-order valence-corrected chi connectivity index (χ2v) is 4.66. The van der Waals surface area contributed by atoms with Gasteiger partial charge in [0.1, 0.15) is 17.4 Å². The van der Waals surface area contributed by atoms with Gasteiger partial charge in [0.2, 0.25) is 0 Å². The molecule has 0 aliphatic rings. The Morgan fingerprint density at radius 1 is 1.33 bits per heavy atom.